The third-order valence-corrected chi connectivity index (χ3v) is 2.47. The number of rotatable bonds is 4. The van der Waals surface area contributed by atoms with E-state index in [1.807, 2.05) is 6.07 Å². The minimum absolute atomic E-state index is 0.415. The molecule has 0 saturated carbocycles. The van der Waals surface area contributed by atoms with Crippen LogP contribution in [0.2, 0.25) is 0 Å². The van der Waals surface area contributed by atoms with Crippen LogP contribution in [0.4, 0.5) is 0 Å². The molecule has 1 aromatic rings. The van der Waals surface area contributed by atoms with Gasteiger partial charge in [-0.25, -0.2) is 4.21 Å². The normalized spacial score (nSPS) is 13.1. The number of hydrogen-bond acceptors (Lipinski definition) is 2. The monoisotopic (exact) mass is 213 g/mol. The van der Waals surface area contributed by atoms with E-state index in [4.69, 9.17) is 4.55 Å². The van der Waals surface area contributed by atoms with Gasteiger partial charge < -0.3 is 9.87 Å². The number of benzene rings is 1. The molecule has 1 unspecified atom stereocenters. The van der Waals surface area contributed by atoms with E-state index in [1.165, 1.54) is 0 Å². The lowest BCUT2D eigenvalue weighted by atomic mass is 10.2. The Balaban J connectivity index is 2.69. The van der Waals surface area contributed by atoms with Gasteiger partial charge in [-0.15, -0.1) is 0 Å². The van der Waals surface area contributed by atoms with Gasteiger partial charge in [0.1, 0.15) is 0 Å². The van der Waals surface area contributed by atoms with Crippen LogP contribution in [0.3, 0.4) is 0 Å². The second-order valence-electron chi connectivity index (χ2n) is 3.43. The van der Waals surface area contributed by atoms with Crippen molar-refractivity contribution < 1.29 is 8.76 Å². The molecule has 0 aliphatic rings. The van der Waals surface area contributed by atoms with Gasteiger partial charge in [0.25, 0.3) is 0 Å². The molecule has 0 bridgehead atoms. The molecule has 2 N–H and O–H groups in total. The van der Waals surface area contributed by atoms with Crippen molar-refractivity contribution in [3.05, 3.63) is 29.8 Å². The zero-order valence-corrected chi connectivity index (χ0v) is 9.17. The summed E-state index contributed by atoms with van der Waals surface area (Å²) in [7, 11) is 0. The Hall–Kier alpha value is -0.710. The van der Waals surface area contributed by atoms with Crippen molar-refractivity contribution in [1.29, 1.82) is 0 Å². The van der Waals surface area contributed by atoms with Gasteiger partial charge in [0.15, 0.2) is 11.1 Å². The molecule has 0 heterocycles. The first-order valence-corrected chi connectivity index (χ1v) is 5.63. The first-order valence-electron chi connectivity index (χ1n) is 4.53. The molecule has 0 spiro atoms. The van der Waals surface area contributed by atoms with Crippen molar-refractivity contribution in [3.8, 4) is 0 Å². The smallest absolute Gasteiger partial charge is 0.186 e. The minimum Gasteiger partial charge on any atom is -0.310 e. The highest BCUT2D eigenvalue weighted by Gasteiger charge is 2.01. The maximum Gasteiger partial charge on any atom is 0.186 e. The fourth-order valence-corrected chi connectivity index (χ4v) is 1.53. The average molecular weight is 213 g/mol. The fourth-order valence-electron chi connectivity index (χ4n) is 1.09. The van der Waals surface area contributed by atoms with Gasteiger partial charge >= 0.3 is 0 Å². The van der Waals surface area contributed by atoms with E-state index in [2.05, 4.69) is 19.2 Å². The van der Waals surface area contributed by atoms with Crippen LogP contribution in [0.5, 0.6) is 0 Å². The molecule has 0 aliphatic carbocycles. The molecule has 1 atom stereocenters. The van der Waals surface area contributed by atoms with E-state index < -0.39 is 11.1 Å². The quantitative estimate of drug-likeness (QED) is 0.749. The van der Waals surface area contributed by atoms with Crippen molar-refractivity contribution in [1.82, 2.24) is 5.32 Å². The summed E-state index contributed by atoms with van der Waals surface area (Å²) in [6.07, 6.45) is 0. The van der Waals surface area contributed by atoms with Crippen LogP contribution < -0.4 is 5.32 Å². The van der Waals surface area contributed by atoms with Gasteiger partial charge in [-0.2, -0.15) is 0 Å². The van der Waals surface area contributed by atoms with Crippen molar-refractivity contribution in [2.24, 2.45) is 0 Å². The van der Waals surface area contributed by atoms with Crippen LogP contribution in [-0.4, -0.2) is 14.8 Å². The molecule has 1 rings (SSSR count). The van der Waals surface area contributed by atoms with Gasteiger partial charge in [0.05, 0.1) is 4.90 Å². The van der Waals surface area contributed by atoms with Gasteiger partial charge in [-0.05, 0) is 17.7 Å². The molecule has 0 saturated heterocycles. The zero-order valence-electron chi connectivity index (χ0n) is 8.36. The third kappa shape index (κ3) is 3.57. The summed E-state index contributed by atoms with van der Waals surface area (Å²) in [6.45, 7) is 4.85. The lowest BCUT2D eigenvalue weighted by molar-refractivity contribution is 0.563. The Bertz CT molecular complexity index is 326. The van der Waals surface area contributed by atoms with Gasteiger partial charge in [-0.1, -0.05) is 26.0 Å². The highest BCUT2D eigenvalue weighted by Crippen LogP contribution is 2.08. The minimum atomic E-state index is -1.88. The number of hydrogen-bond donors (Lipinski definition) is 2. The van der Waals surface area contributed by atoms with Crippen molar-refractivity contribution in [3.63, 3.8) is 0 Å². The lowest BCUT2D eigenvalue weighted by Gasteiger charge is -2.08. The SMILES string of the molecule is CC(C)NCc1cccc(S(=O)O)c1. The topological polar surface area (TPSA) is 49.3 Å². The first-order chi connectivity index (χ1) is 6.59. The highest BCUT2D eigenvalue weighted by atomic mass is 32.2. The largest absolute Gasteiger partial charge is 0.310 e. The maximum atomic E-state index is 10.8. The molecule has 3 nitrogen and oxygen atoms in total. The summed E-state index contributed by atoms with van der Waals surface area (Å²) in [5, 5.41) is 3.25. The molecule has 0 fully saturated rings. The Morgan fingerprint density at radius 1 is 1.50 bits per heavy atom. The van der Waals surface area contributed by atoms with Gasteiger partial charge in [0.2, 0.25) is 0 Å². The van der Waals surface area contributed by atoms with Crippen molar-refractivity contribution in [2.45, 2.75) is 31.3 Å². The van der Waals surface area contributed by atoms with E-state index in [1.54, 1.807) is 18.2 Å². The van der Waals surface area contributed by atoms with E-state index in [9.17, 15) is 4.21 Å². The van der Waals surface area contributed by atoms with E-state index in [0.29, 0.717) is 10.9 Å². The summed E-state index contributed by atoms with van der Waals surface area (Å²) < 4.78 is 19.7. The van der Waals surface area contributed by atoms with Crippen LogP contribution in [0, 0.1) is 0 Å². The molecule has 78 valence electrons. The van der Waals surface area contributed by atoms with Crippen LogP contribution >= 0.6 is 0 Å². The molecule has 1 aromatic carbocycles. The highest BCUT2D eigenvalue weighted by molar-refractivity contribution is 7.79. The molecule has 0 aliphatic heterocycles. The molecule has 14 heavy (non-hydrogen) atoms. The predicted molar refractivity (Wildman–Crippen MR) is 57.5 cm³/mol. The van der Waals surface area contributed by atoms with Crippen LogP contribution in [0.15, 0.2) is 29.2 Å². The van der Waals surface area contributed by atoms with E-state index in [0.717, 1.165) is 12.1 Å². The molecule has 0 aromatic heterocycles. The summed E-state index contributed by atoms with van der Waals surface area (Å²) in [4.78, 5) is 0.452. The van der Waals surface area contributed by atoms with Crippen molar-refractivity contribution in [2.75, 3.05) is 0 Å². The number of nitrogens with one attached hydrogen (secondary N) is 1. The third-order valence-electron chi connectivity index (χ3n) is 1.81. The van der Waals surface area contributed by atoms with Crippen molar-refractivity contribution >= 4 is 11.1 Å². The van der Waals surface area contributed by atoms with Crippen LogP contribution in [-0.2, 0) is 17.6 Å². The maximum absolute atomic E-state index is 10.8. The molecule has 0 radical (unpaired) electrons. The average Bonchev–Trinajstić information content (AvgIpc) is 2.15. The lowest BCUT2D eigenvalue weighted by Crippen LogP contribution is -2.21. The Morgan fingerprint density at radius 2 is 2.21 bits per heavy atom. The van der Waals surface area contributed by atoms with Crippen LogP contribution in [0.1, 0.15) is 19.4 Å². The fraction of sp³-hybridized carbons (Fsp3) is 0.400. The summed E-state index contributed by atoms with van der Waals surface area (Å²) in [5.74, 6) is 0. The first kappa shape index (κ1) is 11.4. The second-order valence-corrected chi connectivity index (χ2v) is 4.40. The Morgan fingerprint density at radius 3 is 2.79 bits per heavy atom. The predicted octanol–water partition coefficient (Wildman–Crippen LogP) is 1.77. The van der Waals surface area contributed by atoms with Gasteiger partial charge in [0, 0.05) is 12.6 Å². The molecule has 0 amide bonds. The van der Waals surface area contributed by atoms with Crippen LogP contribution in [0.25, 0.3) is 0 Å². The summed E-state index contributed by atoms with van der Waals surface area (Å²) in [5.41, 5.74) is 1.03. The van der Waals surface area contributed by atoms with E-state index >= 15 is 0 Å². The zero-order chi connectivity index (χ0) is 10.6. The molecular formula is C10H15NO2S. The summed E-state index contributed by atoms with van der Waals surface area (Å²) in [6, 6.07) is 7.53. The Kier molecular flexibility index (Phi) is 4.25. The second kappa shape index (κ2) is 5.24. The van der Waals surface area contributed by atoms with E-state index in [-0.39, 0.29) is 0 Å². The standard InChI is InChI=1S/C10H15NO2S/c1-8(2)11-7-9-4-3-5-10(6-9)14(12)13/h3-6,8,11H,7H2,1-2H3,(H,12,13). The van der Waals surface area contributed by atoms with Gasteiger partial charge in [-0.3, -0.25) is 0 Å². The molecular weight excluding hydrogens is 198 g/mol. The summed E-state index contributed by atoms with van der Waals surface area (Å²) >= 11 is -1.88. The Labute approximate surface area is 86.8 Å². The molecule has 4 heteroatoms.